The van der Waals surface area contributed by atoms with Crippen molar-refractivity contribution in [1.82, 2.24) is 15.3 Å². The van der Waals surface area contributed by atoms with Gasteiger partial charge in [0.15, 0.2) is 17.3 Å². The van der Waals surface area contributed by atoms with Crippen LogP contribution in [0.2, 0.25) is 0 Å². The first-order valence-corrected chi connectivity index (χ1v) is 12.4. The van der Waals surface area contributed by atoms with Gasteiger partial charge in [0.2, 0.25) is 0 Å². The number of halogens is 1. The number of fused-ring (bicyclic) bond motifs is 1. The lowest BCUT2D eigenvalue weighted by atomic mass is 9.88. The zero-order valence-corrected chi connectivity index (χ0v) is 21.1. The van der Waals surface area contributed by atoms with Crippen LogP contribution in [0.3, 0.4) is 0 Å². The third-order valence-corrected chi connectivity index (χ3v) is 6.92. The number of hydrogen-bond donors (Lipinski definition) is 1. The Morgan fingerprint density at radius 2 is 1.55 bits per heavy atom. The second-order valence-electron chi connectivity index (χ2n) is 9.56. The second kappa shape index (κ2) is 10.1. The van der Waals surface area contributed by atoms with Crippen molar-refractivity contribution >= 4 is 28.5 Å². The Balaban J connectivity index is 1.28. The number of benzene rings is 2. The van der Waals surface area contributed by atoms with Gasteiger partial charge in [0, 0.05) is 32.2 Å². The quantitative estimate of drug-likeness (QED) is 0.320. The number of aromatic nitrogens is 2. The molecule has 7 nitrogen and oxygen atoms in total. The molecule has 1 aliphatic rings. The lowest BCUT2D eigenvalue weighted by molar-refractivity contribution is -0.133. The molecule has 8 heteroatoms. The van der Waals surface area contributed by atoms with Crippen LogP contribution in [0.5, 0.6) is 11.5 Å². The molecule has 2 heterocycles. The molecule has 1 aliphatic carbocycles. The molecule has 5 rings (SSSR count). The smallest absolute Gasteiger partial charge is 0.269 e. The fourth-order valence-corrected chi connectivity index (χ4v) is 4.53. The van der Waals surface area contributed by atoms with E-state index in [4.69, 9.17) is 4.74 Å². The second-order valence-corrected chi connectivity index (χ2v) is 9.56. The number of Topliss-reactive ketones (excluding diaryl/α,β-unsaturated/α-hetero) is 2. The summed E-state index contributed by atoms with van der Waals surface area (Å²) < 4.78 is 19.2. The van der Waals surface area contributed by atoms with E-state index in [2.05, 4.69) is 15.3 Å². The molecular formula is C30H26FN3O4. The molecule has 0 radical (unpaired) electrons. The van der Waals surface area contributed by atoms with Crippen LogP contribution in [-0.2, 0) is 22.4 Å². The molecule has 0 aliphatic heterocycles. The zero-order valence-electron chi connectivity index (χ0n) is 21.1. The minimum atomic E-state index is -0.939. The van der Waals surface area contributed by atoms with Gasteiger partial charge in [-0.3, -0.25) is 19.4 Å². The SMILES string of the molecule is CNC(=O)c1nc2c(Oc3ccc(CC(=O)C4(C(=O)Cc5ccc(F)cc5)CC4)cc3)ccnc2cc1C. The van der Waals surface area contributed by atoms with Gasteiger partial charge in [-0.05, 0) is 66.8 Å². The van der Waals surface area contributed by atoms with Crippen molar-refractivity contribution in [3.8, 4) is 11.5 Å². The summed E-state index contributed by atoms with van der Waals surface area (Å²) in [4.78, 5) is 47.0. The number of aryl methyl sites for hydroxylation is 1. The molecule has 0 saturated heterocycles. The topological polar surface area (TPSA) is 98.2 Å². The van der Waals surface area contributed by atoms with E-state index in [1.807, 2.05) is 0 Å². The maximum absolute atomic E-state index is 13.2. The van der Waals surface area contributed by atoms with Crippen molar-refractivity contribution in [3.05, 3.63) is 95.1 Å². The Hall–Kier alpha value is -4.46. The van der Waals surface area contributed by atoms with Gasteiger partial charge in [0.05, 0.1) is 10.9 Å². The zero-order chi connectivity index (χ0) is 26.9. The summed E-state index contributed by atoms with van der Waals surface area (Å²) in [6, 6.07) is 16.4. The number of ether oxygens (including phenoxy) is 1. The Morgan fingerprint density at radius 3 is 2.13 bits per heavy atom. The predicted molar refractivity (Wildman–Crippen MR) is 140 cm³/mol. The number of amides is 1. The van der Waals surface area contributed by atoms with Gasteiger partial charge in [0.25, 0.3) is 5.91 Å². The molecule has 2 aromatic heterocycles. The maximum atomic E-state index is 13.2. The van der Waals surface area contributed by atoms with Gasteiger partial charge in [0.1, 0.15) is 22.8 Å². The van der Waals surface area contributed by atoms with Gasteiger partial charge in [-0.25, -0.2) is 9.37 Å². The van der Waals surface area contributed by atoms with Crippen molar-refractivity contribution in [2.24, 2.45) is 5.41 Å². The number of pyridine rings is 2. The first kappa shape index (κ1) is 25.2. The number of nitrogens with zero attached hydrogens (tertiary/aromatic N) is 2. The minimum absolute atomic E-state index is 0.0975. The first-order valence-electron chi connectivity index (χ1n) is 12.4. The molecule has 0 bridgehead atoms. The van der Waals surface area contributed by atoms with Crippen LogP contribution in [0.4, 0.5) is 4.39 Å². The van der Waals surface area contributed by atoms with Crippen molar-refractivity contribution < 1.29 is 23.5 Å². The number of ketones is 2. The van der Waals surface area contributed by atoms with E-state index in [1.165, 1.54) is 12.1 Å². The van der Waals surface area contributed by atoms with Crippen molar-refractivity contribution in [1.29, 1.82) is 0 Å². The van der Waals surface area contributed by atoms with Gasteiger partial charge in [-0.15, -0.1) is 0 Å². The monoisotopic (exact) mass is 511 g/mol. The Bertz CT molecular complexity index is 1540. The van der Waals surface area contributed by atoms with Gasteiger partial charge in [-0.1, -0.05) is 24.3 Å². The summed E-state index contributed by atoms with van der Waals surface area (Å²) >= 11 is 0. The van der Waals surface area contributed by atoms with Gasteiger partial charge >= 0.3 is 0 Å². The van der Waals surface area contributed by atoms with E-state index in [0.717, 1.165) is 5.56 Å². The van der Waals surface area contributed by atoms with Gasteiger partial charge in [-0.2, -0.15) is 0 Å². The standard InChI is InChI=1S/C30H26FN3O4/c1-18-15-23-28(34-27(18)29(37)32-2)24(11-14-33-23)38-22-9-5-20(6-10-22)17-26(36)30(12-13-30)25(35)16-19-3-7-21(31)8-4-19/h3-11,14-15H,12-13,16-17H2,1-2H3,(H,32,37). The molecule has 1 saturated carbocycles. The molecule has 0 unspecified atom stereocenters. The number of rotatable bonds is 9. The molecule has 1 amide bonds. The minimum Gasteiger partial charge on any atom is -0.455 e. The lowest BCUT2D eigenvalue weighted by Crippen LogP contribution is -2.28. The molecule has 38 heavy (non-hydrogen) atoms. The van der Waals surface area contributed by atoms with E-state index in [0.29, 0.717) is 52.2 Å². The maximum Gasteiger partial charge on any atom is 0.269 e. The predicted octanol–water partition coefficient (Wildman–Crippen LogP) is 4.93. The Labute approximate surface area is 219 Å². The first-order chi connectivity index (χ1) is 18.3. The van der Waals surface area contributed by atoms with Crippen LogP contribution in [0.25, 0.3) is 11.0 Å². The van der Waals surface area contributed by atoms with Crippen molar-refractivity contribution in [2.45, 2.75) is 32.6 Å². The van der Waals surface area contributed by atoms with Crippen LogP contribution in [0.1, 0.15) is 40.0 Å². The fourth-order valence-electron chi connectivity index (χ4n) is 4.53. The van der Waals surface area contributed by atoms with E-state index in [-0.39, 0.29) is 36.1 Å². The molecule has 192 valence electrons. The van der Waals surface area contributed by atoms with Crippen LogP contribution in [0, 0.1) is 18.2 Å². The molecule has 0 atom stereocenters. The Kier molecular flexibility index (Phi) is 6.72. The number of hydrogen-bond acceptors (Lipinski definition) is 6. The number of nitrogens with one attached hydrogen (secondary N) is 1. The van der Waals surface area contributed by atoms with E-state index >= 15 is 0 Å². The summed E-state index contributed by atoms with van der Waals surface area (Å²) in [6.45, 7) is 1.80. The highest BCUT2D eigenvalue weighted by atomic mass is 19.1. The average molecular weight is 512 g/mol. The highest BCUT2D eigenvalue weighted by molar-refractivity contribution is 6.11. The van der Waals surface area contributed by atoms with Crippen LogP contribution >= 0.6 is 0 Å². The molecule has 1 fully saturated rings. The fraction of sp³-hybridized carbons (Fsp3) is 0.233. The lowest BCUT2D eigenvalue weighted by Gasteiger charge is -2.14. The summed E-state index contributed by atoms with van der Waals surface area (Å²) in [5.41, 5.74) is 2.62. The van der Waals surface area contributed by atoms with E-state index in [1.54, 1.807) is 68.7 Å². The van der Waals surface area contributed by atoms with E-state index in [9.17, 15) is 18.8 Å². The van der Waals surface area contributed by atoms with Crippen LogP contribution in [0.15, 0.2) is 66.9 Å². The van der Waals surface area contributed by atoms with Crippen molar-refractivity contribution in [3.63, 3.8) is 0 Å². The third-order valence-electron chi connectivity index (χ3n) is 6.92. The molecular weight excluding hydrogens is 485 g/mol. The molecule has 4 aromatic rings. The van der Waals surface area contributed by atoms with E-state index < -0.39 is 5.41 Å². The summed E-state index contributed by atoms with van der Waals surface area (Å²) in [6.07, 6.45) is 2.97. The number of carbonyl (C=O) groups excluding carboxylic acids is 3. The molecule has 0 spiro atoms. The summed E-state index contributed by atoms with van der Waals surface area (Å²) in [5, 5.41) is 2.59. The average Bonchev–Trinajstić information content (AvgIpc) is 3.73. The highest BCUT2D eigenvalue weighted by Gasteiger charge is 2.54. The summed E-state index contributed by atoms with van der Waals surface area (Å²) in [5.74, 6) is 0.122. The van der Waals surface area contributed by atoms with Gasteiger partial charge < -0.3 is 10.1 Å². The summed E-state index contributed by atoms with van der Waals surface area (Å²) in [7, 11) is 1.55. The molecule has 2 aromatic carbocycles. The van der Waals surface area contributed by atoms with Crippen molar-refractivity contribution in [2.75, 3.05) is 7.05 Å². The van der Waals surface area contributed by atoms with Crippen LogP contribution < -0.4 is 10.1 Å². The normalized spacial score (nSPS) is 13.7. The highest BCUT2D eigenvalue weighted by Crippen LogP contribution is 2.48. The molecule has 1 N–H and O–H groups in total. The Morgan fingerprint density at radius 1 is 0.947 bits per heavy atom. The third kappa shape index (κ3) is 5.02. The van der Waals surface area contributed by atoms with Crippen LogP contribution in [-0.4, -0.2) is 34.5 Å². The largest absolute Gasteiger partial charge is 0.455 e. The number of carbonyl (C=O) groups is 3.